The van der Waals surface area contributed by atoms with E-state index in [-0.39, 0.29) is 22.1 Å². The quantitative estimate of drug-likeness (QED) is 0.598. The molecule has 5 nitrogen and oxygen atoms in total. The zero-order valence-corrected chi connectivity index (χ0v) is 12.9. The molecule has 0 aliphatic carbocycles. The van der Waals surface area contributed by atoms with Crippen molar-refractivity contribution in [2.24, 2.45) is 0 Å². The molecule has 0 aromatic heterocycles. The summed E-state index contributed by atoms with van der Waals surface area (Å²) in [6.45, 7) is 3.34. The van der Waals surface area contributed by atoms with Gasteiger partial charge in [-0.3, -0.25) is 14.9 Å². The zero-order chi connectivity index (χ0) is 16.5. The Labute approximate surface area is 127 Å². The van der Waals surface area contributed by atoms with Crippen LogP contribution in [0.3, 0.4) is 0 Å². The number of nitro groups is 1. The van der Waals surface area contributed by atoms with Crippen LogP contribution >= 0.6 is 15.9 Å². The van der Waals surface area contributed by atoms with Crippen molar-refractivity contribution in [2.45, 2.75) is 25.9 Å². The number of nitro benzene ring substituents is 1. The van der Waals surface area contributed by atoms with E-state index in [4.69, 9.17) is 0 Å². The molecular weight excluding hydrogens is 357 g/mol. The van der Waals surface area contributed by atoms with Crippen LogP contribution in [0.5, 0.6) is 0 Å². The zero-order valence-electron chi connectivity index (χ0n) is 11.4. The van der Waals surface area contributed by atoms with Crippen LogP contribution in [0.25, 0.3) is 0 Å². The summed E-state index contributed by atoms with van der Waals surface area (Å²) < 4.78 is 38.0. The molecule has 0 fully saturated rings. The molecule has 0 saturated heterocycles. The molecule has 0 bridgehead atoms. The molecule has 116 valence electrons. The third kappa shape index (κ3) is 3.72. The maximum Gasteiger partial charge on any atom is 0.471 e. The summed E-state index contributed by atoms with van der Waals surface area (Å²) in [5.41, 5.74) is -0.634. The first-order valence-electron chi connectivity index (χ1n) is 5.79. The fraction of sp³-hybridized carbons (Fsp3) is 0.417. The van der Waals surface area contributed by atoms with Crippen molar-refractivity contribution in [1.82, 2.24) is 0 Å². The highest BCUT2D eigenvalue weighted by Gasteiger charge is 2.43. The lowest BCUT2D eigenvalue weighted by molar-refractivity contribution is -0.384. The highest BCUT2D eigenvalue weighted by molar-refractivity contribution is 9.10. The predicted octanol–water partition coefficient (Wildman–Crippen LogP) is 4.01. The van der Waals surface area contributed by atoms with Crippen LogP contribution in [0.4, 0.5) is 24.5 Å². The number of amides is 1. The van der Waals surface area contributed by atoms with E-state index in [1.807, 2.05) is 0 Å². The summed E-state index contributed by atoms with van der Waals surface area (Å²) in [5, 5.41) is 11.1. The van der Waals surface area contributed by atoms with E-state index in [9.17, 15) is 28.1 Å². The molecule has 0 aliphatic heterocycles. The summed E-state index contributed by atoms with van der Waals surface area (Å²) in [7, 11) is 0.873. The molecule has 0 unspecified atom stereocenters. The van der Waals surface area contributed by atoms with Crippen molar-refractivity contribution in [3.8, 4) is 0 Å². The predicted molar refractivity (Wildman–Crippen MR) is 74.4 cm³/mol. The molecule has 21 heavy (non-hydrogen) atoms. The van der Waals surface area contributed by atoms with E-state index in [1.54, 1.807) is 13.8 Å². The number of nitrogens with zero attached hydrogens (tertiary/aromatic N) is 2. The van der Waals surface area contributed by atoms with E-state index in [1.165, 1.54) is 6.07 Å². The van der Waals surface area contributed by atoms with Crippen molar-refractivity contribution in [3.05, 3.63) is 32.3 Å². The molecule has 1 aromatic carbocycles. The van der Waals surface area contributed by atoms with Gasteiger partial charge in [-0.25, -0.2) is 0 Å². The standard InChI is InChI=1S/C12H12BrF3N2O3/c1-6(2)8-4-7(13)5-9(18(20)21)10(8)17(3)11(19)12(14,15)16/h4-6H,1-3H3. The van der Waals surface area contributed by atoms with Gasteiger partial charge in [-0.15, -0.1) is 0 Å². The number of carbonyl (C=O) groups is 1. The SMILES string of the molecule is CC(C)c1cc(Br)cc([N+](=O)[O-])c1N(C)C(=O)C(F)(F)F. The third-order valence-electron chi connectivity index (χ3n) is 2.79. The Balaban J connectivity index is 3.59. The van der Waals surface area contributed by atoms with Gasteiger partial charge in [0.15, 0.2) is 0 Å². The molecule has 1 aromatic rings. The van der Waals surface area contributed by atoms with Crippen molar-refractivity contribution in [3.63, 3.8) is 0 Å². The number of anilines is 1. The van der Waals surface area contributed by atoms with Gasteiger partial charge in [-0.2, -0.15) is 13.2 Å². The van der Waals surface area contributed by atoms with Crippen LogP contribution in [0.15, 0.2) is 16.6 Å². The average molecular weight is 369 g/mol. The highest BCUT2D eigenvalue weighted by atomic mass is 79.9. The molecule has 1 rings (SSSR count). The normalized spacial score (nSPS) is 11.6. The summed E-state index contributed by atoms with van der Waals surface area (Å²) in [6, 6.07) is 2.54. The maximum atomic E-state index is 12.6. The summed E-state index contributed by atoms with van der Waals surface area (Å²) in [4.78, 5) is 21.9. The van der Waals surface area contributed by atoms with Crippen LogP contribution in [0, 0.1) is 10.1 Å². The largest absolute Gasteiger partial charge is 0.471 e. The van der Waals surface area contributed by atoms with Crippen LogP contribution in [-0.2, 0) is 4.79 Å². The molecule has 1 amide bonds. The van der Waals surface area contributed by atoms with E-state index in [0.717, 1.165) is 13.1 Å². The summed E-state index contributed by atoms with van der Waals surface area (Å²) in [6.07, 6.45) is -5.11. The van der Waals surface area contributed by atoms with Crippen LogP contribution in [0.1, 0.15) is 25.3 Å². The van der Waals surface area contributed by atoms with Crippen molar-refractivity contribution < 1.29 is 22.9 Å². The molecule has 0 atom stereocenters. The monoisotopic (exact) mass is 368 g/mol. The number of alkyl halides is 3. The molecule has 0 spiro atoms. The minimum atomic E-state index is -5.11. The Morgan fingerprint density at radius 3 is 2.29 bits per heavy atom. The van der Waals surface area contributed by atoms with E-state index < -0.39 is 22.7 Å². The van der Waals surface area contributed by atoms with Crippen molar-refractivity contribution >= 4 is 33.2 Å². The van der Waals surface area contributed by atoms with Gasteiger partial charge >= 0.3 is 12.1 Å². The highest BCUT2D eigenvalue weighted by Crippen LogP contribution is 2.39. The summed E-state index contributed by atoms with van der Waals surface area (Å²) in [5.74, 6) is -2.46. The van der Waals surface area contributed by atoms with Gasteiger partial charge in [0.2, 0.25) is 0 Å². The van der Waals surface area contributed by atoms with Crippen LogP contribution < -0.4 is 4.90 Å². The second-order valence-electron chi connectivity index (χ2n) is 4.64. The topological polar surface area (TPSA) is 63.5 Å². The number of halogens is 4. The molecule has 0 saturated carbocycles. The Hall–Kier alpha value is -1.64. The molecule has 0 radical (unpaired) electrons. The minimum absolute atomic E-state index is 0.274. The van der Waals surface area contributed by atoms with Gasteiger partial charge in [0.1, 0.15) is 5.69 Å². The first-order valence-corrected chi connectivity index (χ1v) is 6.58. The van der Waals surface area contributed by atoms with Gasteiger partial charge in [0.25, 0.3) is 5.69 Å². The Morgan fingerprint density at radius 1 is 1.38 bits per heavy atom. The van der Waals surface area contributed by atoms with Crippen LogP contribution in [0.2, 0.25) is 0 Å². The van der Waals surface area contributed by atoms with Gasteiger partial charge in [-0.1, -0.05) is 29.8 Å². The van der Waals surface area contributed by atoms with E-state index in [0.29, 0.717) is 4.47 Å². The number of benzene rings is 1. The number of rotatable bonds is 3. The smallest absolute Gasteiger partial charge is 0.301 e. The van der Waals surface area contributed by atoms with Crippen molar-refractivity contribution in [1.29, 1.82) is 0 Å². The fourth-order valence-electron chi connectivity index (χ4n) is 1.84. The van der Waals surface area contributed by atoms with E-state index in [2.05, 4.69) is 15.9 Å². The van der Waals surface area contributed by atoms with Crippen molar-refractivity contribution in [2.75, 3.05) is 11.9 Å². The lowest BCUT2D eigenvalue weighted by atomic mass is 9.99. The number of hydrogen-bond acceptors (Lipinski definition) is 3. The molecule has 0 heterocycles. The van der Waals surface area contributed by atoms with Gasteiger partial charge in [-0.05, 0) is 17.5 Å². The lowest BCUT2D eigenvalue weighted by Crippen LogP contribution is -2.39. The Morgan fingerprint density at radius 2 is 1.90 bits per heavy atom. The van der Waals surface area contributed by atoms with Gasteiger partial charge in [0.05, 0.1) is 4.92 Å². The third-order valence-corrected chi connectivity index (χ3v) is 3.24. The fourth-order valence-corrected chi connectivity index (χ4v) is 2.31. The molecule has 9 heteroatoms. The first kappa shape index (κ1) is 17.4. The Bertz CT molecular complexity index is 588. The first-order chi connectivity index (χ1) is 9.46. The lowest BCUT2D eigenvalue weighted by Gasteiger charge is -2.23. The molecule has 0 aliphatic rings. The van der Waals surface area contributed by atoms with Gasteiger partial charge in [0, 0.05) is 17.6 Å². The average Bonchev–Trinajstić information content (AvgIpc) is 2.34. The van der Waals surface area contributed by atoms with Crippen LogP contribution in [-0.4, -0.2) is 24.1 Å². The van der Waals surface area contributed by atoms with Gasteiger partial charge < -0.3 is 4.90 Å². The molecular formula is C12H12BrF3N2O3. The second kappa shape index (κ2) is 6.00. The molecule has 0 N–H and O–H groups in total. The minimum Gasteiger partial charge on any atom is -0.301 e. The van der Waals surface area contributed by atoms with E-state index >= 15 is 0 Å². The second-order valence-corrected chi connectivity index (χ2v) is 5.55. The number of carbonyl (C=O) groups excluding carboxylic acids is 1. The summed E-state index contributed by atoms with van der Waals surface area (Å²) >= 11 is 3.08. The number of hydrogen-bond donors (Lipinski definition) is 0. The maximum absolute atomic E-state index is 12.6. The Kier molecular flexibility index (Phi) is 4.98.